The van der Waals surface area contributed by atoms with Gasteiger partial charge in [0.15, 0.2) is 0 Å². The molecule has 49 heavy (non-hydrogen) atoms. The summed E-state index contributed by atoms with van der Waals surface area (Å²) in [7, 11) is 1.66. The molecule has 2 heterocycles. The average molecular weight is 686 g/mol. The number of aliphatic hydroxyl groups excluding tert-OH is 1. The second-order valence-corrected chi connectivity index (χ2v) is 13.9. The van der Waals surface area contributed by atoms with Crippen LogP contribution in [0.3, 0.4) is 0 Å². The molecule has 3 rings (SSSR count). The van der Waals surface area contributed by atoms with Crippen LogP contribution in [0.1, 0.15) is 84.5 Å². The number of benzene rings is 1. The average Bonchev–Trinajstić information content (AvgIpc) is 3.83. The Balaban J connectivity index is 1.89. The predicted molar refractivity (Wildman–Crippen MR) is 184 cm³/mol. The number of cyclic esters (lactones) is 1. The first-order valence-corrected chi connectivity index (χ1v) is 17.1. The lowest BCUT2D eigenvalue weighted by molar-refractivity contribution is -0.157. The van der Waals surface area contributed by atoms with E-state index in [2.05, 4.69) is 5.32 Å². The summed E-state index contributed by atoms with van der Waals surface area (Å²) in [4.78, 5) is 37.9. The number of carbonyl (C=O) groups is 3. The molecule has 0 saturated carbocycles. The van der Waals surface area contributed by atoms with Gasteiger partial charge in [0.25, 0.3) is 5.91 Å². The molecule has 2 aliphatic rings. The van der Waals surface area contributed by atoms with Crippen LogP contribution in [0.4, 0.5) is 0 Å². The van der Waals surface area contributed by atoms with Crippen LogP contribution in [0, 0.1) is 11.8 Å². The molecule has 2 aliphatic heterocycles. The second kappa shape index (κ2) is 17.5. The van der Waals surface area contributed by atoms with Gasteiger partial charge in [-0.3, -0.25) is 14.4 Å². The molecular formula is C38H55NO10. The number of nitrogens with one attached hydrogen (secondary N) is 1. The number of hydrogen-bond donors (Lipinski definition) is 4. The minimum atomic E-state index is -1.56. The van der Waals surface area contributed by atoms with Crippen molar-refractivity contribution < 1.29 is 48.7 Å². The van der Waals surface area contributed by atoms with Crippen molar-refractivity contribution >= 4 is 17.8 Å². The van der Waals surface area contributed by atoms with Gasteiger partial charge in [0.05, 0.1) is 30.8 Å². The highest BCUT2D eigenvalue weighted by Gasteiger charge is 2.54. The first-order chi connectivity index (χ1) is 23.0. The summed E-state index contributed by atoms with van der Waals surface area (Å²) in [5.74, 6) is -1.92. The van der Waals surface area contributed by atoms with Gasteiger partial charge in [-0.25, -0.2) is 0 Å². The fourth-order valence-electron chi connectivity index (χ4n) is 6.39. The molecule has 1 fully saturated rings. The van der Waals surface area contributed by atoms with E-state index in [1.165, 1.54) is 13.8 Å². The van der Waals surface area contributed by atoms with Gasteiger partial charge >= 0.3 is 11.9 Å². The molecule has 1 saturated heterocycles. The van der Waals surface area contributed by atoms with Gasteiger partial charge in [-0.2, -0.15) is 0 Å². The number of allylic oxidation sites excluding steroid dienone is 2. The number of ether oxygens (including phenoxy) is 4. The van der Waals surface area contributed by atoms with Crippen LogP contribution in [-0.2, 0) is 28.5 Å². The van der Waals surface area contributed by atoms with Crippen LogP contribution >= 0.6 is 0 Å². The topological polar surface area (TPSA) is 164 Å². The molecule has 1 aromatic carbocycles. The smallest absolute Gasteiger partial charge is 0.309 e. The summed E-state index contributed by atoms with van der Waals surface area (Å²) >= 11 is 0. The molecule has 0 radical (unpaired) electrons. The van der Waals surface area contributed by atoms with Crippen LogP contribution in [0.5, 0.6) is 0 Å². The van der Waals surface area contributed by atoms with E-state index in [1.807, 2.05) is 26.8 Å². The zero-order chi connectivity index (χ0) is 36.5. The lowest BCUT2D eigenvalue weighted by atomic mass is 9.87. The third kappa shape index (κ3) is 11.3. The Bertz CT molecular complexity index is 1350. The molecule has 0 bridgehead atoms. The summed E-state index contributed by atoms with van der Waals surface area (Å²) in [5.41, 5.74) is -1.96. The van der Waals surface area contributed by atoms with E-state index in [9.17, 15) is 29.7 Å². The van der Waals surface area contributed by atoms with Crippen molar-refractivity contribution in [1.29, 1.82) is 0 Å². The van der Waals surface area contributed by atoms with E-state index >= 15 is 0 Å². The predicted octanol–water partition coefficient (Wildman–Crippen LogP) is 4.20. The van der Waals surface area contributed by atoms with Crippen molar-refractivity contribution in [3.8, 4) is 0 Å². The standard InChI is InChI=1S/C38H55NO10/c1-9-29(46-8)25(4)33-34(49-33)35(39-36(43)27-15-11-10-12-16-27)38(7,45)20-13-14-23(2)32-24(3)17-18-30(47-26(5)40)37(6,44)21-19-28(41)22-31(42)48-32/h10-18,20,24-25,28-30,32-35,41,44-45H,9,19,21-22H2,1-8H3,(H,39,43)/b18-17+,20-13+,23-14+/t24-,25+,28+,29-,30-,32?,33+,34-,35?,37+,38?/m0/s1. The van der Waals surface area contributed by atoms with Crippen LogP contribution in [0.25, 0.3) is 0 Å². The SMILES string of the molecule is CC[C@H](OC)[C@@H](C)[C@H]1O[C@@H]1C(NC(=O)c1ccccc1)C(C)(O)/C=C/C=C(\C)C1OC(=O)C[C@H](O)CC[C@@](C)(O)[C@@H](OC(C)=O)/C=C/[C@@H]1C. The maximum Gasteiger partial charge on any atom is 0.309 e. The molecule has 4 N–H and O–H groups in total. The van der Waals surface area contributed by atoms with Gasteiger partial charge in [0, 0.05) is 31.4 Å². The lowest BCUT2D eigenvalue weighted by Gasteiger charge is -2.32. The maximum absolute atomic E-state index is 13.3. The Labute approximate surface area is 290 Å². The molecule has 272 valence electrons. The van der Waals surface area contributed by atoms with Gasteiger partial charge in [-0.1, -0.05) is 63.3 Å². The van der Waals surface area contributed by atoms with Crippen LogP contribution in [0.15, 0.2) is 66.3 Å². The Hall–Kier alpha value is -3.35. The molecule has 1 aromatic rings. The minimum Gasteiger partial charge on any atom is -0.457 e. The number of methoxy groups -OCH3 is 1. The lowest BCUT2D eigenvalue weighted by Crippen LogP contribution is -2.54. The third-order valence-electron chi connectivity index (χ3n) is 9.51. The van der Waals surface area contributed by atoms with Gasteiger partial charge in [-0.05, 0) is 63.8 Å². The molecule has 11 nitrogen and oxygen atoms in total. The first-order valence-electron chi connectivity index (χ1n) is 17.1. The molecule has 0 aromatic heterocycles. The fraction of sp³-hybridized carbons (Fsp3) is 0.605. The van der Waals surface area contributed by atoms with Crippen molar-refractivity contribution in [3.63, 3.8) is 0 Å². The number of carbonyl (C=O) groups excluding carboxylic acids is 3. The van der Waals surface area contributed by atoms with E-state index < -0.39 is 59.5 Å². The summed E-state index contributed by atoms with van der Waals surface area (Å²) in [6, 6.07) is 7.94. The molecule has 0 aliphatic carbocycles. The summed E-state index contributed by atoms with van der Waals surface area (Å²) in [6.45, 7) is 12.0. The Morgan fingerprint density at radius 2 is 1.86 bits per heavy atom. The number of esters is 2. The van der Waals surface area contributed by atoms with Crippen molar-refractivity contribution in [1.82, 2.24) is 5.32 Å². The van der Waals surface area contributed by atoms with Gasteiger partial charge in [-0.15, -0.1) is 0 Å². The molecule has 11 heteroatoms. The molecular weight excluding hydrogens is 630 g/mol. The largest absolute Gasteiger partial charge is 0.457 e. The molecule has 1 amide bonds. The summed E-state index contributed by atoms with van der Waals surface area (Å²) in [5, 5.41) is 36.4. The minimum absolute atomic E-state index is 0.0195. The highest BCUT2D eigenvalue weighted by molar-refractivity contribution is 5.94. The number of hydrogen-bond acceptors (Lipinski definition) is 10. The Morgan fingerprint density at radius 3 is 2.47 bits per heavy atom. The van der Waals surface area contributed by atoms with Gasteiger partial charge in [0.1, 0.15) is 29.5 Å². The van der Waals surface area contributed by atoms with Crippen molar-refractivity contribution in [3.05, 3.63) is 71.8 Å². The molecule has 0 spiro atoms. The highest BCUT2D eigenvalue weighted by atomic mass is 16.6. The zero-order valence-corrected chi connectivity index (χ0v) is 30.0. The number of epoxide rings is 1. The summed E-state index contributed by atoms with van der Waals surface area (Å²) in [6.07, 6.45) is 5.34. The van der Waals surface area contributed by atoms with Gasteiger partial charge < -0.3 is 39.6 Å². The van der Waals surface area contributed by atoms with E-state index in [0.717, 1.165) is 6.42 Å². The number of amides is 1. The number of rotatable bonds is 12. The van der Waals surface area contributed by atoms with Crippen LogP contribution in [0.2, 0.25) is 0 Å². The van der Waals surface area contributed by atoms with Gasteiger partial charge in [0.2, 0.25) is 0 Å². The quantitative estimate of drug-likeness (QED) is 0.109. The van der Waals surface area contributed by atoms with Crippen LogP contribution < -0.4 is 5.32 Å². The van der Waals surface area contributed by atoms with Crippen LogP contribution in [-0.4, -0.2) is 94.1 Å². The van der Waals surface area contributed by atoms with E-state index in [1.54, 1.807) is 75.6 Å². The fourth-order valence-corrected chi connectivity index (χ4v) is 6.39. The Morgan fingerprint density at radius 1 is 1.18 bits per heavy atom. The van der Waals surface area contributed by atoms with E-state index in [0.29, 0.717) is 11.1 Å². The van der Waals surface area contributed by atoms with Crippen molar-refractivity contribution in [2.24, 2.45) is 11.8 Å². The molecule has 11 atom stereocenters. The second-order valence-electron chi connectivity index (χ2n) is 13.9. The third-order valence-corrected chi connectivity index (χ3v) is 9.51. The Kier molecular flexibility index (Phi) is 14.3. The van der Waals surface area contributed by atoms with E-state index in [-0.39, 0.29) is 43.3 Å². The van der Waals surface area contributed by atoms with Crippen molar-refractivity contribution in [2.45, 2.75) is 128 Å². The highest BCUT2D eigenvalue weighted by Crippen LogP contribution is 2.39. The summed E-state index contributed by atoms with van der Waals surface area (Å²) < 4.78 is 22.9. The zero-order valence-electron chi connectivity index (χ0n) is 30.0. The first kappa shape index (κ1) is 40.1. The normalized spacial score (nSPS) is 32.0. The number of aliphatic hydroxyl groups is 3. The van der Waals surface area contributed by atoms with E-state index in [4.69, 9.17) is 18.9 Å². The monoisotopic (exact) mass is 685 g/mol. The van der Waals surface area contributed by atoms with Crippen molar-refractivity contribution in [2.75, 3.05) is 7.11 Å². The maximum atomic E-state index is 13.3. The molecule has 3 unspecified atom stereocenters.